The molecule has 5 heteroatoms. The van der Waals surface area contributed by atoms with Crippen molar-refractivity contribution in [1.29, 1.82) is 0 Å². The number of hydrogen-bond donors (Lipinski definition) is 1. The van der Waals surface area contributed by atoms with Gasteiger partial charge in [-0.1, -0.05) is 47.1 Å². The molecule has 2 atom stereocenters. The zero-order valence-corrected chi connectivity index (χ0v) is 15.6. The van der Waals surface area contributed by atoms with Gasteiger partial charge in [-0.3, -0.25) is 9.59 Å². The fourth-order valence-corrected chi connectivity index (χ4v) is 3.18. The van der Waals surface area contributed by atoms with E-state index in [9.17, 15) is 9.59 Å². The molecular weight excluding hydrogens is 370 g/mol. The lowest BCUT2D eigenvalue weighted by Crippen LogP contribution is -2.32. The van der Waals surface area contributed by atoms with Gasteiger partial charge in [-0.2, -0.15) is 0 Å². The molecule has 2 rings (SSSR count). The SMILES string of the molecule is C[C@@H]1/C=C\CC(=O)OCCCCCC(=O)N[C@@H]1c1cccc(Br)c1. The number of benzene rings is 1. The lowest BCUT2D eigenvalue weighted by Gasteiger charge is -2.24. The van der Waals surface area contributed by atoms with Crippen molar-refractivity contribution in [3.63, 3.8) is 0 Å². The Morgan fingerprint density at radius 1 is 1.21 bits per heavy atom. The molecule has 1 aliphatic heterocycles. The van der Waals surface area contributed by atoms with E-state index in [1.165, 1.54) is 0 Å². The van der Waals surface area contributed by atoms with Gasteiger partial charge in [-0.05, 0) is 42.9 Å². The van der Waals surface area contributed by atoms with Gasteiger partial charge in [0.2, 0.25) is 5.91 Å². The van der Waals surface area contributed by atoms with Gasteiger partial charge in [-0.15, -0.1) is 0 Å². The molecule has 0 bridgehead atoms. The minimum atomic E-state index is -0.196. The van der Waals surface area contributed by atoms with Crippen LogP contribution in [0.2, 0.25) is 0 Å². The van der Waals surface area contributed by atoms with Gasteiger partial charge in [0.25, 0.3) is 0 Å². The van der Waals surface area contributed by atoms with Crippen LogP contribution in [0.5, 0.6) is 0 Å². The second-order valence-electron chi connectivity index (χ2n) is 6.12. The van der Waals surface area contributed by atoms with Crippen molar-refractivity contribution in [2.45, 2.75) is 45.1 Å². The van der Waals surface area contributed by atoms with Gasteiger partial charge >= 0.3 is 5.97 Å². The van der Waals surface area contributed by atoms with Crippen molar-refractivity contribution in [2.24, 2.45) is 5.92 Å². The molecule has 1 aromatic rings. The number of cyclic esters (lactones) is 1. The summed E-state index contributed by atoms with van der Waals surface area (Å²) in [6.07, 6.45) is 7.05. The van der Waals surface area contributed by atoms with Crippen LogP contribution in [-0.4, -0.2) is 18.5 Å². The topological polar surface area (TPSA) is 55.4 Å². The number of amides is 1. The molecule has 0 unspecified atom stereocenters. The first kappa shape index (κ1) is 18.7. The Bertz CT molecular complexity index is 600. The zero-order chi connectivity index (χ0) is 17.4. The third-order valence-electron chi connectivity index (χ3n) is 4.09. The summed E-state index contributed by atoms with van der Waals surface area (Å²) in [5.74, 6) is -0.0631. The molecule has 1 aromatic carbocycles. The average molecular weight is 394 g/mol. The first-order chi connectivity index (χ1) is 11.6. The van der Waals surface area contributed by atoms with E-state index in [1.54, 1.807) is 0 Å². The smallest absolute Gasteiger partial charge is 0.309 e. The first-order valence-corrected chi connectivity index (χ1v) is 9.22. The Balaban J connectivity index is 2.19. The van der Waals surface area contributed by atoms with Crippen LogP contribution in [0.4, 0.5) is 0 Å². The highest BCUT2D eigenvalue weighted by molar-refractivity contribution is 9.10. The second-order valence-corrected chi connectivity index (χ2v) is 7.04. The van der Waals surface area contributed by atoms with Crippen LogP contribution in [0.3, 0.4) is 0 Å². The molecular formula is C19H24BrNO3. The number of halogens is 1. The maximum Gasteiger partial charge on any atom is 0.309 e. The van der Waals surface area contributed by atoms with Gasteiger partial charge in [0.15, 0.2) is 0 Å². The predicted molar refractivity (Wildman–Crippen MR) is 97.4 cm³/mol. The normalized spacial score (nSPS) is 25.2. The van der Waals surface area contributed by atoms with Gasteiger partial charge in [-0.25, -0.2) is 0 Å². The molecule has 4 nitrogen and oxygen atoms in total. The Labute approximate surface area is 151 Å². The highest BCUT2D eigenvalue weighted by Crippen LogP contribution is 2.26. The number of hydrogen-bond acceptors (Lipinski definition) is 3. The van der Waals surface area contributed by atoms with E-state index in [-0.39, 0.29) is 30.3 Å². The van der Waals surface area contributed by atoms with E-state index in [4.69, 9.17) is 4.74 Å². The largest absolute Gasteiger partial charge is 0.465 e. The summed E-state index contributed by atoms with van der Waals surface area (Å²) in [5, 5.41) is 3.15. The number of ether oxygens (including phenoxy) is 1. The highest BCUT2D eigenvalue weighted by Gasteiger charge is 2.20. The maximum absolute atomic E-state index is 12.3. The molecule has 1 amide bonds. The zero-order valence-electron chi connectivity index (χ0n) is 14.0. The van der Waals surface area contributed by atoms with Crippen LogP contribution in [0.15, 0.2) is 40.9 Å². The van der Waals surface area contributed by atoms with Gasteiger partial charge < -0.3 is 10.1 Å². The molecule has 1 heterocycles. The number of esters is 1. The van der Waals surface area contributed by atoms with Crippen LogP contribution in [0.25, 0.3) is 0 Å². The van der Waals surface area contributed by atoms with Crippen LogP contribution < -0.4 is 5.32 Å². The number of carbonyl (C=O) groups is 2. The fourth-order valence-electron chi connectivity index (χ4n) is 2.76. The molecule has 0 fully saturated rings. The van der Waals surface area contributed by atoms with Crippen molar-refractivity contribution in [2.75, 3.05) is 6.61 Å². The van der Waals surface area contributed by atoms with E-state index in [2.05, 4.69) is 21.2 Å². The minimum Gasteiger partial charge on any atom is -0.465 e. The lowest BCUT2D eigenvalue weighted by molar-refractivity contribution is -0.142. The highest BCUT2D eigenvalue weighted by atomic mass is 79.9. The predicted octanol–water partition coefficient (Wildman–Crippen LogP) is 4.31. The molecule has 0 saturated carbocycles. The van der Waals surface area contributed by atoms with E-state index in [0.717, 1.165) is 29.3 Å². The first-order valence-electron chi connectivity index (χ1n) is 8.43. The summed E-state index contributed by atoms with van der Waals surface area (Å²) < 4.78 is 6.16. The Morgan fingerprint density at radius 2 is 2.04 bits per heavy atom. The molecule has 0 aromatic heterocycles. The number of nitrogens with one attached hydrogen (secondary N) is 1. The summed E-state index contributed by atoms with van der Waals surface area (Å²) in [7, 11) is 0. The molecule has 0 saturated heterocycles. The molecule has 1 N–H and O–H groups in total. The van der Waals surface area contributed by atoms with Crippen LogP contribution in [-0.2, 0) is 14.3 Å². The second kappa shape index (κ2) is 9.62. The third kappa shape index (κ3) is 6.11. The average Bonchev–Trinajstić information content (AvgIpc) is 2.55. The van der Waals surface area contributed by atoms with E-state index < -0.39 is 0 Å². The Kier molecular flexibility index (Phi) is 7.50. The summed E-state index contributed by atoms with van der Waals surface area (Å²) in [5.41, 5.74) is 1.05. The molecule has 0 radical (unpaired) electrons. The molecule has 0 aliphatic carbocycles. The van der Waals surface area contributed by atoms with Crippen molar-refractivity contribution in [3.8, 4) is 0 Å². The van der Waals surface area contributed by atoms with Gasteiger partial charge in [0.05, 0.1) is 19.1 Å². The minimum absolute atomic E-state index is 0.0641. The van der Waals surface area contributed by atoms with E-state index in [1.807, 2.05) is 43.3 Å². The van der Waals surface area contributed by atoms with E-state index >= 15 is 0 Å². The lowest BCUT2D eigenvalue weighted by atomic mass is 9.93. The number of rotatable bonds is 1. The molecule has 1 aliphatic rings. The standard InChI is InChI=1S/C19H24BrNO3/c1-14-7-5-11-18(23)24-12-4-2-3-10-17(22)21-19(14)15-8-6-9-16(20)13-15/h5-9,13-14,19H,2-4,10-12H2,1H3,(H,21,22)/b7-5-/t14-,19+/m1/s1. The van der Waals surface area contributed by atoms with Crippen molar-refractivity contribution in [1.82, 2.24) is 5.32 Å². The quantitative estimate of drug-likeness (QED) is 0.571. The van der Waals surface area contributed by atoms with Crippen molar-refractivity contribution < 1.29 is 14.3 Å². The third-order valence-corrected chi connectivity index (χ3v) is 4.58. The van der Waals surface area contributed by atoms with Crippen LogP contribution in [0.1, 0.15) is 50.6 Å². The number of carbonyl (C=O) groups excluding carboxylic acids is 2. The van der Waals surface area contributed by atoms with Crippen LogP contribution >= 0.6 is 15.9 Å². The summed E-state index contributed by atoms with van der Waals surface area (Å²) >= 11 is 3.48. The molecule has 24 heavy (non-hydrogen) atoms. The summed E-state index contributed by atoms with van der Waals surface area (Å²) in [6, 6.07) is 7.84. The van der Waals surface area contributed by atoms with Crippen LogP contribution in [0, 0.1) is 5.92 Å². The fraction of sp³-hybridized carbons (Fsp3) is 0.474. The van der Waals surface area contributed by atoms with Gasteiger partial charge in [0.1, 0.15) is 0 Å². The maximum atomic E-state index is 12.3. The van der Waals surface area contributed by atoms with Crippen molar-refractivity contribution in [3.05, 3.63) is 46.5 Å². The monoisotopic (exact) mass is 393 g/mol. The summed E-state index contributed by atoms with van der Waals surface area (Å²) in [4.78, 5) is 23.9. The molecule has 130 valence electrons. The Morgan fingerprint density at radius 3 is 2.83 bits per heavy atom. The van der Waals surface area contributed by atoms with Crippen molar-refractivity contribution >= 4 is 27.8 Å². The molecule has 0 spiro atoms. The summed E-state index contributed by atoms with van der Waals surface area (Å²) in [6.45, 7) is 2.48. The van der Waals surface area contributed by atoms with Gasteiger partial charge in [0, 0.05) is 10.9 Å². The Hall–Kier alpha value is -1.62. The van der Waals surface area contributed by atoms with E-state index in [0.29, 0.717) is 13.0 Å².